The molecule has 4 atom stereocenters. The summed E-state index contributed by atoms with van der Waals surface area (Å²) in [7, 11) is 1.68. The average Bonchev–Trinajstić information content (AvgIpc) is 3.04. The van der Waals surface area contributed by atoms with Gasteiger partial charge in [0, 0.05) is 13.0 Å². The number of hydrogen-bond acceptors (Lipinski definition) is 4. The van der Waals surface area contributed by atoms with Gasteiger partial charge in [-0.05, 0) is 52.4 Å². The van der Waals surface area contributed by atoms with Crippen molar-refractivity contribution in [1.82, 2.24) is 0 Å². The summed E-state index contributed by atoms with van der Waals surface area (Å²) in [5.74, 6) is 0.0655. The lowest BCUT2D eigenvalue weighted by Gasteiger charge is -2.46. The Morgan fingerprint density at radius 1 is 1.36 bits per heavy atom. The molecular weight excluding hydrogens is 280 g/mol. The lowest BCUT2D eigenvalue weighted by atomic mass is 9.68. The molecule has 1 saturated heterocycles. The van der Waals surface area contributed by atoms with Gasteiger partial charge in [-0.25, -0.2) is 0 Å². The molecule has 0 aromatic heterocycles. The minimum Gasteiger partial charge on any atom is -0.390 e. The molecule has 22 heavy (non-hydrogen) atoms. The van der Waals surface area contributed by atoms with E-state index in [0.29, 0.717) is 6.61 Å². The third-order valence-corrected chi connectivity index (χ3v) is 5.75. The smallest absolute Gasteiger partial charge is 0.0998 e. The van der Waals surface area contributed by atoms with E-state index in [1.807, 2.05) is 0 Å². The van der Waals surface area contributed by atoms with E-state index < -0.39 is 6.10 Å². The second-order valence-corrected chi connectivity index (χ2v) is 7.62. The zero-order valence-corrected chi connectivity index (χ0v) is 14.1. The van der Waals surface area contributed by atoms with Gasteiger partial charge in [0.15, 0.2) is 0 Å². The maximum Gasteiger partial charge on any atom is 0.0998 e. The minimum absolute atomic E-state index is 0.0655. The fraction of sp³-hybridized carbons (Fsp3) is 0.889. The third-order valence-electron chi connectivity index (χ3n) is 5.75. The molecule has 3 fully saturated rings. The standard InChI is InChI=1S/C18H30O4/c1-17(2,21-11-9-13-6-4-5-7-13)16-15(20-3)14(19)8-10-18(16)12-22-18/h9,14-16,19H,4-8,10-12H2,1-3H3/t14-,15-,16-,18+/m1/s1. The van der Waals surface area contributed by atoms with Crippen LogP contribution in [0.5, 0.6) is 0 Å². The molecule has 0 unspecified atom stereocenters. The Labute approximate surface area is 133 Å². The van der Waals surface area contributed by atoms with Gasteiger partial charge in [0.1, 0.15) is 0 Å². The van der Waals surface area contributed by atoms with Gasteiger partial charge in [0.05, 0.1) is 36.6 Å². The number of methoxy groups -OCH3 is 1. The van der Waals surface area contributed by atoms with E-state index in [2.05, 4.69) is 19.9 Å². The maximum absolute atomic E-state index is 10.3. The van der Waals surface area contributed by atoms with Gasteiger partial charge < -0.3 is 19.3 Å². The second-order valence-electron chi connectivity index (χ2n) is 7.62. The van der Waals surface area contributed by atoms with Crippen molar-refractivity contribution in [2.75, 3.05) is 20.3 Å². The highest BCUT2D eigenvalue weighted by atomic mass is 16.6. The Morgan fingerprint density at radius 3 is 2.64 bits per heavy atom. The molecule has 1 heterocycles. The van der Waals surface area contributed by atoms with Gasteiger partial charge in [-0.2, -0.15) is 0 Å². The van der Waals surface area contributed by atoms with Crippen molar-refractivity contribution in [1.29, 1.82) is 0 Å². The van der Waals surface area contributed by atoms with E-state index in [4.69, 9.17) is 14.2 Å². The van der Waals surface area contributed by atoms with Crippen LogP contribution in [0.2, 0.25) is 0 Å². The van der Waals surface area contributed by atoms with Crippen molar-refractivity contribution in [2.24, 2.45) is 5.92 Å². The van der Waals surface area contributed by atoms with Crippen LogP contribution in [0.15, 0.2) is 11.6 Å². The second kappa shape index (κ2) is 6.23. The Balaban J connectivity index is 1.69. The lowest BCUT2D eigenvalue weighted by molar-refractivity contribution is -0.172. The zero-order chi connectivity index (χ0) is 15.8. The van der Waals surface area contributed by atoms with E-state index in [9.17, 15) is 5.11 Å². The Kier molecular flexibility index (Phi) is 4.66. The molecule has 0 bridgehead atoms. The van der Waals surface area contributed by atoms with E-state index >= 15 is 0 Å². The molecule has 3 rings (SSSR count). The van der Waals surface area contributed by atoms with Gasteiger partial charge in [0.2, 0.25) is 0 Å². The first-order valence-corrected chi connectivity index (χ1v) is 8.65. The molecule has 0 amide bonds. The van der Waals surface area contributed by atoms with E-state index in [-0.39, 0.29) is 23.2 Å². The fourth-order valence-corrected chi connectivity index (χ4v) is 4.47. The van der Waals surface area contributed by atoms with Crippen molar-refractivity contribution >= 4 is 0 Å². The molecule has 1 N–H and O–H groups in total. The summed E-state index contributed by atoms with van der Waals surface area (Å²) in [6.07, 6.45) is 8.31. The molecule has 1 spiro atoms. The van der Waals surface area contributed by atoms with Crippen LogP contribution in [0.25, 0.3) is 0 Å². The molecule has 0 aromatic carbocycles. The van der Waals surface area contributed by atoms with Crippen molar-refractivity contribution in [3.63, 3.8) is 0 Å². The zero-order valence-electron chi connectivity index (χ0n) is 14.1. The molecule has 2 saturated carbocycles. The summed E-state index contributed by atoms with van der Waals surface area (Å²) in [5, 5.41) is 10.3. The van der Waals surface area contributed by atoms with Crippen molar-refractivity contribution in [2.45, 2.75) is 75.8 Å². The predicted octanol–water partition coefficient (Wildman–Crippen LogP) is 2.84. The Morgan fingerprint density at radius 2 is 2.05 bits per heavy atom. The van der Waals surface area contributed by atoms with Gasteiger partial charge in [0.25, 0.3) is 0 Å². The van der Waals surface area contributed by atoms with Crippen molar-refractivity contribution in [3.8, 4) is 0 Å². The van der Waals surface area contributed by atoms with Gasteiger partial charge in [-0.1, -0.05) is 11.6 Å². The number of hydrogen-bond donors (Lipinski definition) is 1. The first-order chi connectivity index (χ1) is 10.5. The summed E-state index contributed by atoms with van der Waals surface area (Å²) in [5.41, 5.74) is 0.998. The third kappa shape index (κ3) is 3.12. The summed E-state index contributed by atoms with van der Waals surface area (Å²) in [6, 6.07) is 0. The topological polar surface area (TPSA) is 51.2 Å². The molecule has 126 valence electrons. The van der Waals surface area contributed by atoms with Crippen molar-refractivity contribution < 1.29 is 19.3 Å². The minimum atomic E-state index is -0.430. The van der Waals surface area contributed by atoms with Gasteiger partial charge >= 0.3 is 0 Å². The number of aliphatic hydroxyl groups excluding tert-OH is 1. The summed E-state index contributed by atoms with van der Waals surface area (Å²) in [4.78, 5) is 0. The first kappa shape index (κ1) is 16.4. The number of allylic oxidation sites excluding steroid dienone is 1. The van der Waals surface area contributed by atoms with Crippen LogP contribution < -0.4 is 0 Å². The summed E-state index contributed by atoms with van der Waals surface area (Å²) >= 11 is 0. The normalized spacial score (nSPS) is 38.5. The number of rotatable bonds is 5. The Bertz CT molecular complexity index is 417. The largest absolute Gasteiger partial charge is 0.390 e. The summed E-state index contributed by atoms with van der Waals surface area (Å²) < 4.78 is 17.7. The van der Waals surface area contributed by atoms with E-state index in [1.54, 1.807) is 7.11 Å². The van der Waals surface area contributed by atoms with Crippen LogP contribution in [0.3, 0.4) is 0 Å². The number of ether oxygens (including phenoxy) is 3. The van der Waals surface area contributed by atoms with E-state index in [1.165, 1.54) is 31.3 Å². The highest BCUT2D eigenvalue weighted by Crippen LogP contribution is 2.52. The molecule has 4 nitrogen and oxygen atoms in total. The molecular formula is C18H30O4. The monoisotopic (exact) mass is 310 g/mol. The fourth-order valence-electron chi connectivity index (χ4n) is 4.47. The van der Waals surface area contributed by atoms with Crippen molar-refractivity contribution in [3.05, 3.63) is 11.6 Å². The van der Waals surface area contributed by atoms with Crippen LogP contribution in [-0.2, 0) is 14.2 Å². The summed E-state index contributed by atoms with van der Waals surface area (Å²) in [6.45, 7) is 5.62. The molecule has 1 aliphatic heterocycles. The van der Waals surface area contributed by atoms with Crippen LogP contribution in [0.4, 0.5) is 0 Å². The van der Waals surface area contributed by atoms with Crippen LogP contribution >= 0.6 is 0 Å². The van der Waals surface area contributed by atoms with Gasteiger partial charge in [-0.15, -0.1) is 0 Å². The number of aliphatic hydroxyl groups is 1. The lowest BCUT2D eigenvalue weighted by Crippen LogP contribution is -2.57. The first-order valence-electron chi connectivity index (χ1n) is 8.65. The van der Waals surface area contributed by atoms with Crippen LogP contribution in [0, 0.1) is 5.92 Å². The molecule has 3 aliphatic rings. The van der Waals surface area contributed by atoms with Gasteiger partial charge in [-0.3, -0.25) is 0 Å². The Hall–Kier alpha value is -0.420. The highest BCUT2D eigenvalue weighted by Gasteiger charge is 2.63. The molecule has 2 aliphatic carbocycles. The molecule has 4 heteroatoms. The SMILES string of the molecule is CO[C@@H]1[C@H](O)CC[C@]2(CO2)[C@H]1C(C)(C)OCC=C1CCCC1. The molecule has 0 radical (unpaired) electrons. The molecule has 0 aromatic rings. The quantitative estimate of drug-likeness (QED) is 0.627. The maximum atomic E-state index is 10.3. The number of epoxide rings is 1. The average molecular weight is 310 g/mol. The predicted molar refractivity (Wildman–Crippen MR) is 84.8 cm³/mol. The highest BCUT2D eigenvalue weighted by molar-refractivity contribution is 5.12. The van der Waals surface area contributed by atoms with Crippen LogP contribution in [0.1, 0.15) is 52.4 Å². The van der Waals surface area contributed by atoms with Crippen LogP contribution in [-0.4, -0.2) is 48.8 Å². The van der Waals surface area contributed by atoms with E-state index in [0.717, 1.165) is 19.4 Å².